The van der Waals surface area contributed by atoms with Crippen LogP contribution in [0.2, 0.25) is 0 Å². The molecule has 1 saturated carbocycles. The molecule has 1 fully saturated rings. The highest BCUT2D eigenvalue weighted by molar-refractivity contribution is 7.13. The van der Waals surface area contributed by atoms with Crippen molar-refractivity contribution in [3.8, 4) is 0 Å². The summed E-state index contributed by atoms with van der Waals surface area (Å²) in [4.78, 5) is 4.54. The average molecular weight is 225 g/mol. The molecule has 0 radical (unpaired) electrons. The van der Waals surface area contributed by atoms with Gasteiger partial charge in [-0.15, -0.1) is 11.3 Å². The lowest BCUT2D eigenvalue weighted by Gasteiger charge is -2.28. The van der Waals surface area contributed by atoms with E-state index in [1.165, 1.54) is 31.4 Å². The summed E-state index contributed by atoms with van der Waals surface area (Å²) in [5, 5.41) is 6.71. The Balaban J connectivity index is 2.05. The molecule has 0 aliphatic heterocycles. The summed E-state index contributed by atoms with van der Waals surface area (Å²) >= 11 is 1.70. The number of nitrogens with two attached hydrogens (primary N) is 1. The van der Waals surface area contributed by atoms with Gasteiger partial charge in [-0.1, -0.05) is 19.8 Å². The number of rotatable bonds is 4. The fourth-order valence-electron chi connectivity index (χ4n) is 2.19. The SMILES string of the molecule is CCc1csc(NC2(CN)CCCC2)n1. The lowest BCUT2D eigenvalue weighted by molar-refractivity contribution is 0.493. The van der Waals surface area contributed by atoms with E-state index in [9.17, 15) is 0 Å². The third-order valence-corrected chi connectivity index (χ3v) is 4.04. The Morgan fingerprint density at radius 1 is 1.53 bits per heavy atom. The number of aryl methyl sites for hydroxylation is 1. The Morgan fingerprint density at radius 2 is 2.27 bits per heavy atom. The number of hydrogen-bond acceptors (Lipinski definition) is 4. The van der Waals surface area contributed by atoms with Crippen molar-refractivity contribution in [2.75, 3.05) is 11.9 Å². The topological polar surface area (TPSA) is 50.9 Å². The van der Waals surface area contributed by atoms with E-state index in [0.29, 0.717) is 6.54 Å². The van der Waals surface area contributed by atoms with Gasteiger partial charge < -0.3 is 11.1 Å². The van der Waals surface area contributed by atoms with Gasteiger partial charge in [0.1, 0.15) is 0 Å². The third-order valence-electron chi connectivity index (χ3n) is 3.24. The number of nitrogens with one attached hydrogen (secondary N) is 1. The predicted octanol–water partition coefficient (Wildman–Crippen LogP) is 2.39. The first-order chi connectivity index (χ1) is 7.28. The second-order valence-corrected chi connectivity index (χ2v) is 5.17. The van der Waals surface area contributed by atoms with Crippen LogP contribution in [0, 0.1) is 0 Å². The number of thiazole rings is 1. The van der Waals surface area contributed by atoms with E-state index in [1.807, 2.05) is 0 Å². The number of anilines is 1. The smallest absolute Gasteiger partial charge is 0.183 e. The van der Waals surface area contributed by atoms with Gasteiger partial charge in [-0.3, -0.25) is 0 Å². The van der Waals surface area contributed by atoms with E-state index >= 15 is 0 Å². The number of aromatic nitrogens is 1. The Hall–Kier alpha value is -0.610. The Morgan fingerprint density at radius 3 is 2.80 bits per heavy atom. The molecule has 0 aromatic carbocycles. The molecule has 0 atom stereocenters. The molecule has 84 valence electrons. The van der Waals surface area contributed by atoms with Crippen molar-refractivity contribution in [2.45, 2.75) is 44.6 Å². The molecule has 1 aromatic heterocycles. The lowest BCUT2D eigenvalue weighted by Crippen LogP contribution is -2.42. The normalized spacial score (nSPS) is 19.3. The summed E-state index contributed by atoms with van der Waals surface area (Å²) in [6.45, 7) is 2.85. The van der Waals surface area contributed by atoms with Gasteiger partial charge >= 0.3 is 0 Å². The number of nitrogens with zero attached hydrogens (tertiary/aromatic N) is 1. The third kappa shape index (κ3) is 2.32. The molecule has 2 rings (SSSR count). The van der Waals surface area contributed by atoms with Crippen molar-refractivity contribution in [2.24, 2.45) is 5.73 Å². The summed E-state index contributed by atoms with van der Waals surface area (Å²) in [6.07, 6.45) is 5.95. The first kappa shape index (κ1) is 10.9. The maximum atomic E-state index is 5.87. The van der Waals surface area contributed by atoms with E-state index in [-0.39, 0.29) is 5.54 Å². The van der Waals surface area contributed by atoms with Crippen molar-refractivity contribution in [3.63, 3.8) is 0 Å². The molecular weight excluding hydrogens is 206 g/mol. The minimum Gasteiger partial charge on any atom is -0.355 e. The van der Waals surface area contributed by atoms with E-state index in [2.05, 4.69) is 22.6 Å². The first-order valence-corrected chi connectivity index (χ1v) is 6.58. The van der Waals surface area contributed by atoms with Gasteiger partial charge in [0.25, 0.3) is 0 Å². The molecule has 4 heteroatoms. The van der Waals surface area contributed by atoms with Crippen molar-refractivity contribution in [1.82, 2.24) is 4.98 Å². The van der Waals surface area contributed by atoms with Crippen LogP contribution in [0.1, 0.15) is 38.3 Å². The highest BCUT2D eigenvalue weighted by atomic mass is 32.1. The number of hydrogen-bond donors (Lipinski definition) is 2. The maximum absolute atomic E-state index is 5.87. The Kier molecular flexibility index (Phi) is 3.26. The molecule has 0 spiro atoms. The summed E-state index contributed by atoms with van der Waals surface area (Å²) in [7, 11) is 0. The predicted molar refractivity (Wildman–Crippen MR) is 65.4 cm³/mol. The van der Waals surface area contributed by atoms with Crippen LogP contribution in [0.15, 0.2) is 5.38 Å². The molecule has 0 bridgehead atoms. The minimum absolute atomic E-state index is 0.128. The van der Waals surface area contributed by atoms with Crippen molar-refractivity contribution < 1.29 is 0 Å². The van der Waals surface area contributed by atoms with Gasteiger partial charge in [0, 0.05) is 11.9 Å². The average Bonchev–Trinajstić information content (AvgIpc) is 2.88. The zero-order valence-corrected chi connectivity index (χ0v) is 10.1. The fourth-order valence-corrected chi connectivity index (χ4v) is 3.10. The maximum Gasteiger partial charge on any atom is 0.183 e. The fraction of sp³-hybridized carbons (Fsp3) is 0.727. The van der Waals surface area contributed by atoms with Crippen LogP contribution >= 0.6 is 11.3 Å². The highest BCUT2D eigenvalue weighted by Gasteiger charge is 2.32. The van der Waals surface area contributed by atoms with Crippen LogP contribution in [0.5, 0.6) is 0 Å². The minimum atomic E-state index is 0.128. The van der Waals surface area contributed by atoms with E-state index in [0.717, 1.165) is 11.6 Å². The molecule has 3 nitrogen and oxygen atoms in total. The summed E-state index contributed by atoms with van der Waals surface area (Å²) < 4.78 is 0. The summed E-state index contributed by atoms with van der Waals surface area (Å²) in [6, 6.07) is 0. The van der Waals surface area contributed by atoms with Gasteiger partial charge in [0.05, 0.1) is 11.2 Å². The van der Waals surface area contributed by atoms with E-state index < -0.39 is 0 Å². The molecule has 0 amide bonds. The summed E-state index contributed by atoms with van der Waals surface area (Å²) in [5.41, 5.74) is 7.17. The molecule has 0 saturated heterocycles. The van der Waals surface area contributed by atoms with Crippen molar-refractivity contribution in [1.29, 1.82) is 0 Å². The molecule has 3 N–H and O–H groups in total. The van der Waals surface area contributed by atoms with Crippen molar-refractivity contribution in [3.05, 3.63) is 11.1 Å². The van der Waals surface area contributed by atoms with Crippen LogP contribution in [0.4, 0.5) is 5.13 Å². The van der Waals surface area contributed by atoms with Crippen LogP contribution in [0.3, 0.4) is 0 Å². The molecule has 15 heavy (non-hydrogen) atoms. The Bertz CT molecular complexity index is 315. The first-order valence-electron chi connectivity index (χ1n) is 5.71. The summed E-state index contributed by atoms with van der Waals surface area (Å²) in [5.74, 6) is 0. The standard InChI is InChI=1S/C11H19N3S/c1-2-9-7-15-10(13-9)14-11(8-12)5-3-4-6-11/h7H,2-6,8,12H2,1H3,(H,13,14). The van der Waals surface area contributed by atoms with Crippen LogP contribution in [-0.4, -0.2) is 17.1 Å². The Labute approximate surface area is 95.1 Å². The van der Waals surface area contributed by atoms with Crippen LogP contribution in [-0.2, 0) is 6.42 Å². The second kappa shape index (κ2) is 4.49. The molecule has 1 aromatic rings. The van der Waals surface area contributed by atoms with Crippen molar-refractivity contribution >= 4 is 16.5 Å². The van der Waals surface area contributed by atoms with Crippen LogP contribution < -0.4 is 11.1 Å². The van der Waals surface area contributed by atoms with E-state index in [4.69, 9.17) is 5.73 Å². The highest BCUT2D eigenvalue weighted by Crippen LogP contribution is 2.33. The quantitative estimate of drug-likeness (QED) is 0.827. The van der Waals surface area contributed by atoms with Gasteiger partial charge in [0.15, 0.2) is 5.13 Å². The van der Waals surface area contributed by atoms with Gasteiger partial charge in [-0.25, -0.2) is 4.98 Å². The van der Waals surface area contributed by atoms with Crippen LogP contribution in [0.25, 0.3) is 0 Å². The molecule has 1 heterocycles. The molecule has 1 aliphatic rings. The zero-order chi connectivity index (χ0) is 10.7. The van der Waals surface area contributed by atoms with Gasteiger partial charge in [-0.05, 0) is 19.3 Å². The lowest BCUT2D eigenvalue weighted by atomic mass is 9.98. The largest absolute Gasteiger partial charge is 0.355 e. The van der Waals surface area contributed by atoms with Gasteiger partial charge in [0.2, 0.25) is 0 Å². The molecule has 0 unspecified atom stereocenters. The monoisotopic (exact) mass is 225 g/mol. The second-order valence-electron chi connectivity index (χ2n) is 4.31. The zero-order valence-electron chi connectivity index (χ0n) is 9.25. The molecular formula is C11H19N3S. The van der Waals surface area contributed by atoms with E-state index in [1.54, 1.807) is 11.3 Å². The van der Waals surface area contributed by atoms with Gasteiger partial charge in [-0.2, -0.15) is 0 Å². The molecule has 1 aliphatic carbocycles.